The van der Waals surface area contributed by atoms with Gasteiger partial charge in [0.05, 0.1) is 23.9 Å². The minimum Gasteiger partial charge on any atom is -0.465 e. The molecule has 0 bridgehead atoms. The maximum Gasteiger partial charge on any atom is 0.340 e. The Hall–Kier alpha value is -3.03. The van der Waals surface area contributed by atoms with Gasteiger partial charge in [0.1, 0.15) is 5.82 Å². The second-order valence-electron chi connectivity index (χ2n) is 5.61. The average molecular weight is 397 g/mol. The maximum absolute atomic E-state index is 12.0. The average Bonchev–Trinajstić information content (AvgIpc) is 3.16. The molecule has 0 aliphatic carbocycles. The lowest BCUT2D eigenvalue weighted by Gasteiger charge is -2.11. The Bertz CT molecular complexity index is 1130. The molecule has 0 aliphatic heterocycles. The van der Waals surface area contributed by atoms with E-state index in [1.165, 1.54) is 18.4 Å². The number of fused-ring (bicyclic) bond motifs is 1. The molecule has 27 heavy (non-hydrogen) atoms. The van der Waals surface area contributed by atoms with Crippen LogP contribution in [0.5, 0.6) is 0 Å². The first-order chi connectivity index (χ1) is 13.2. The molecule has 4 aromatic rings. The van der Waals surface area contributed by atoms with Gasteiger partial charge in [0, 0.05) is 39.1 Å². The molecule has 0 fully saturated rings. The van der Waals surface area contributed by atoms with Gasteiger partial charge in [-0.05, 0) is 30.3 Å². The van der Waals surface area contributed by atoms with Crippen LogP contribution < -0.4 is 5.32 Å². The van der Waals surface area contributed by atoms with Gasteiger partial charge >= 0.3 is 5.97 Å². The van der Waals surface area contributed by atoms with Crippen molar-refractivity contribution in [3.05, 3.63) is 64.1 Å². The number of carbonyl (C=O) groups excluding carboxylic acids is 1. The molecule has 4 rings (SSSR count). The lowest BCUT2D eigenvalue weighted by atomic mass is 10.2. The number of esters is 1. The molecule has 0 spiro atoms. The molecule has 134 valence electrons. The fourth-order valence-electron chi connectivity index (χ4n) is 2.61. The second kappa shape index (κ2) is 7.30. The minimum atomic E-state index is -0.414. The predicted octanol–water partition coefficient (Wildman–Crippen LogP) is 4.94. The zero-order chi connectivity index (χ0) is 18.8. The number of nitrogens with one attached hydrogen (secondary N) is 1. The van der Waals surface area contributed by atoms with E-state index in [1.54, 1.807) is 29.9 Å². The number of anilines is 2. The summed E-state index contributed by atoms with van der Waals surface area (Å²) in [5.41, 5.74) is 2.57. The van der Waals surface area contributed by atoms with Gasteiger partial charge in [-0.3, -0.25) is 4.98 Å². The summed E-state index contributed by atoms with van der Waals surface area (Å²) in [5, 5.41) is 8.10. The topological polar surface area (TPSA) is 77.0 Å². The van der Waals surface area contributed by atoms with Crippen LogP contribution in [0.3, 0.4) is 0 Å². The summed E-state index contributed by atoms with van der Waals surface area (Å²) >= 11 is 7.56. The number of carbonyl (C=O) groups is 1. The first-order valence-corrected chi connectivity index (χ1v) is 9.27. The van der Waals surface area contributed by atoms with Crippen LogP contribution in [0.1, 0.15) is 10.4 Å². The first-order valence-electron chi connectivity index (χ1n) is 7.95. The highest BCUT2D eigenvalue weighted by Crippen LogP contribution is 2.31. The molecule has 3 heterocycles. The van der Waals surface area contributed by atoms with Gasteiger partial charge in [-0.2, -0.15) is 0 Å². The monoisotopic (exact) mass is 396 g/mol. The molecule has 6 nitrogen and oxygen atoms in total. The van der Waals surface area contributed by atoms with Gasteiger partial charge in [-0.15, -0.1) is 11.3 Å². The van der Waals surface area contributed by atoms with Crippen molar-refractivity contribution in [3.8, 4) is 11.4 Å². The highest BCUT2D eigenvalue weighted by atomic mass is 35.5. The Morgan fingerprint density at radius 1 is 1.22 bits per heavy atom. The van der Waals surface area contributed by atoms with E-state index in [9.17, 15) is 4.79 Å². The molecule has 8 heteroatoms. The minimum absolute atomic E-state index is 0.414. The first kappa shape index (κ1) is 17.4. The molecule has 3 aromatic heterocycles. The number of methoxy groups -OCH3 is 1. The lowest BCUT2D eigenvalue weighted by molar-refractivity contribution is 0.0602. The fourth-order valence-corrected chi connectivity index (χ4v) is 3.53. The SMILES string of the molecule is COC(=O)c1cscc1Nc1nc(-c2cccnc2)nc2ccc(Cl)cc12. The van der Waals surface area contributed by atoms with Gasteiger partial charge in [0.2, 0.25) is 0 Å². The van der Waals surface area contributed by atoms with Crippen molar-refractivity contribution in [1.29, 1.82) is 0 Å². The molecule has 0 unspecified atom stereocenters. The Kier molecular flexibility index (Phi) is 4.70. The zero-order valence-electron chi connectivity index (χ0n) is 14.1. The highest BCUT2D eigenvalue weighted by Gasteiger charge is 2.16. The standard InChI is InChI=1S/C19H13ClN4O2S/c1-26-19(25)14-9-27-10-16(14)23-18-13-7-12(20)4-5-15(13)22-17(24-18)11-3-2-6-21-8-11/h2-10H,1H3,(H,22,23,24). The molecule has 0 atom stereocenters. The van der Waals surface area contributed by atoms with Crippen LogP contribution in [0.2, 0.25) is 5.02 Å². The van der Waals surface area contributed by atoms with Gasteiger partial charge in [0.25, 0.3) is 0 Å². The van der Waals surface area contributed by atoms with Crippen molar-refractivity contribution in [2.45, 2.75) is 0 Å². The van der Waals surface area contributed by atoms with Crippen LogP contribution in [0.15, 0.2) is 53.5 Å². The number of ether oxygens (including phenoxy) is 1. The third-order valence-electron chi connectivity index (χ3n) is 3.90. The quantitative estimate of drug-likeness (QED) is 0.492. The van der Waals surface area contributed by atoms with Crippen molar-refractivity contribution in [1.82, 2.24) is 15.0 Å². The Morgan fingerprint density at radius 2 is 2.11 bits per heavy atom. The van der Waals surface area contributed by atoms with Crippen LogP contribution in [0.4, 0.5) is 11.5 Å². The predicted molar refractivity (Wildman–Crippen MR) is 107 cm³/mol. The van der Waals surface area contributed by atoms with E-state index in [0.717, 1.165) is 16.5 Å². The molecule has 0 saturated carbocycles. The van der Waals surface area contributed by atoms with E-state index in [1.807, 2.05) is 23.6 Å². The van der Waals surface area contributed by atoms with Crippen LogP contribution >= 0.6 is 22.9 Å². The zero-order valence-corrected chi connectivity index (χ0v) is 15.7. The third-order valence-corrected chi connectivity index (χ3v) is 4.88. The molecule has 0 aliphatic rings. The number of pyridine rings is 1. The van der Waals surface area contributed by atoms with Gasteiger partial charge in [0.15, 0.2) is 5.82 Å². The number of aromatic nitrogens is 3. The summed E-state index contributed by atoms with van der Waals surface area (Å²) < 4.78 is 4.84. The largest absolute Gasteiger partial charge is 0.465 e. The van der Waals surface area contributed by atoms with Gasteiger partial charge in [-0.1, -0.05) is 11.6 Å². The van der Waals surface area contributed by atoms with Crippen molar-refractivity contribution in [3.63, 3.8) is 0 Å². The van der Waals surface area contributed by atoms with Crippen LogP contribution in [0.25, 0.3) is 22.3 Å². The van der Waals surface area contributed by atoms with E-state index in [-0.39, 0.29) is 0 Å². The smallest absolute Gasteiger partial charge is 0.340 e. The number of nitrogens with zero attached hydrogens (tertiary/aromatic N) is 3. The number of hydrogen-bond acceptors (Lipinski definition) is 7. The third kappa shape index (κ3) is 3.47. The van der Waals surface area contributed by atoms with Crippen LogP contribution in [0, 0.1) is 0 Å². The summed E-state index contributed by atoms with van der Waals surface area (Å²) in [6.45, 7) is 0. The van der Waals surface area contributed by atoms with E-state index in [2.05, 4.69) is 20.3 Å². The van der Waals surface area contributed by atoms with Crippen molar-refractivity contribution in [2.75, 3.05) is 12.4 Å². The van der Waals surface area contributed by atoms with Crippen molar-refractivity contribution >= 4 is 51.3 Å². The number of thiophene rings is 1. The number of benzene rings is 1. The Labute approximate surface area is 163 Å². The number of hydrogen-bond donors (Lipinski definition) is 1. The fraction of sp³-hybridized carbons (Fsp3) is 0.0526. The van der Waals surface area contributed by atoms with Crippen molar-refractivity contribution in [2.24, 2.45) is 0 Å². The Balaban J connectivity index is 1.87. The molecule has 0 amide bonds. The van der Waals surface area contributed by atoms with E-state index < -0.39 is 5.97 Å². The molecular weight excluding hydrogens is 384 g/mol. The van der Waals surface area contributed by atoms with Crippen LogP contribution in [-0.2, 0) is 4.74 Å². The summed E-state index contributed by atoms with van der Waals surface area (Å²) in [6.07, 6.45) is 3.39. The van der Waals surface area contributed by atoms with E-state index >= 15 is 0 Å². The molecule has 0 saturated heterocycles. The highest BCUT2D eigenvalue weighted by molar-refractivity contribution is 7.08. The summed E-state index contributed by atoms with van der Waals surface area (Å²) in [5.74, 6) is 0.655. The lowest BCUT2D eigenvalue weighted by Crippen LogP contribution is -2.05. The number of halogens is 1. The molecule has 1 aromatic carbocycles. The molecular formula is C19H13ClN4O2S. The van der Waals surface area contributed by atoms with E-state index in [4.69, 9.17) is 16.3 Å². The van der Waals surface area contributed by atoms with Crippen molar-refractivity contribution < 1.29 is 9.53 Å². The Morgan fingerprint density at radius 3 is 2.89 bits per heavy atom. The van der Waals surface area contributed by atoms with Gasteiger partial charge in [-0.25, -0.2) is 14.8 Å². The summed E-state index contributed by atoms with van der Waals surface area (Å²) in [4.78, 5) is 25.4. The second-order valence-corrected chi connectivity index (χ2v) is 6.79. The normalized spacial score (nSPS) is 10.7. The number of rotatable bonds is 4. The van der Waals surface area contributed by atoms with E-state index in [0.29, 0.717) is 27.9 Å². The molecule has 1 N–H and O–H groups in total. The maximum atomic E-state index is 12.0. The summed E-state index contributed by atoms with van der Waals surface area (Å²) in [7, 11) is 1.35. The summed E-state index contributed by atoms with van der Waals surface area (Å²) in [6, 6.07) is 9.11. The van der Waals surface area contributed by atoms with Crippen LogP contribution in [-0.4, -0.2) is 28.0 Å². The molecule has 0 radical (unpaired) electrons. The van der Waals surface area contributed by atoms with Gasteiger partial charge < -0.3 is 10.1 Å².